The minimum absolute atomic E-state index is 0.0464. The smallest absolute Gasteiger partial charge is 0.129 e. The van der Waals surface area contributed by atoms with Crippen molar-refractivity contribution >= 4 is 5.82 Å². The predicted octanol–water partition coefficient (Wildman–Crippen LogP) is 3.06. The van der Waals surface area contributed by atoms with Crippen molar-refractivity contribution in [1.29, 1.82) is 0 Å². The first kappa shape index (κ1) is 14.6. The molecule has 0 atom stereocenters. The fourth-order valence-electron chi connectivity index (χ4n) is 2.22. The second-order valence-corrected chi connectivity index (χ2v) is 5.09. The lowest BCUT2D eigenvalue weighted by Crippen LogP contribution is -2.18. The van der Waals surface area contributed by atoms with E-state index < -0.39 is 0 Å². The van der Waals surface area contributed by atoms with Gasteiger partial charge in [-0.25, -0.2) is 4.98 Å². The Morgan fingerprint density at radius 1 is 1.35 bits per heavy atom. The molecule has 0 saturated heterocycles. The van der Waals surface area contributed by atoms with Crippen molar-refractivity contribution < 1.29 is 9.52 Å². The van der Waals surface area contributed by atoms with E-state index in [2.05, 4.69) is 16.8 Å². The minimum Gasteiger partial charge on any atom is -0.469 e. The third-order valence-electron chi connectivity index (χ3n) is 3.38. The summed E-state index contributed by atoms with van der Waals surface area (Å²) in [6.07, 6.45) is 3.68. The molecule has 20 heavy (non-hydrogen) atoms. The van der Waals surface area contributed by atoms with Gasteiger partial charge in [0.05, 0.1) is 12.9 Å². The maximum Gasteiger partial charge on any atom is 0.129 e. The predicted molar refractivity (Wildman–Crippen MR) is 79.7 cm³/mol. The number of aliphatic hydroxyl groups excluding tert-OH is 1. The zero-order valence-electron chi connectivity index (χ0n) is 12.4. The van der Waals surface area contributed by atoms with Crippen LogP contribution in [0.3, 0.4) is 0 Å². The zero-order valence-corrected chi connectivity index (χ0v) is 12.4. The van der Waals surface area contributed by atoms with Gasteiger partial charge in [0.15, 0.2) is 0 Å². The summed E-state index contributed by atoms with van der Waals surface area (Å²) in [7, 11) is 2.01. The number of rotatable bonds is 6. The molecule has 0 aromatic carbocycles. The van der Waals surface area contributed by atoms with Crippen LogP contribution in [0.15, 0.2) is 28.9 Å². The van der Waals surface area contributed by atoms with Crippen LogP contribution >= 0.6 is 0 Å². The quantitative estimate of drug-likeness (QED) is 0.879. The highest BCUT2D eigenvalue weighted by Gasteiger charge is 2.10. The van der Waals surface area contributed by atoms with Crippen molar-refractivity contribution in [2.45, 2.75) is 39.8 Å². The van der Waals surface area contributed by atoms with E-state index in [1.54, 1.807) is 6.26 Å². The third-order valence-corrected chi connectivity index (χ3v) is 3.38. The molecule has 0 radical (unpaired) electrons. The van der Waals surface area contributed by atoms with Gasteiger partial charge in [0.25, 0.3) is 0 Å². The van der Waals surface area contributed by atoms with E-state index in [4.69, 9.17) is 4.42 Å². The Bertz CT molecular complexity index is 563. The summed E-state index contributed by atoms with van der Waals surface area (Å²) in [6.45, 7) is 4.88. The maximum atomic E-state index is 9.38. The van der Waals surface area contributed by atoms with Crippen LogP contribution in [-0.2, 0) is 19.6 Å². The van der Waals surface area contributed by atoms with Gasteiger partial charge in [-0.2, -0.15) is 0 Å². The fraction of sp³-hybridized carbons (Fsp3) is 0.438. The molecule has 0 bridgehead atoms. The summed E-state index contributed by atoms with van der Waals surface area (Å²) in [4.78, 5) is 6.74. The topological polar surface area (TPSA) is 49.5 Å². The van der Waals surface area contributed by atoms with Gasteiger partial charge in [0, 0.05) is 24.8 Å². The summed E-state index contributed by atoms with van der Waals surface area (Å²) in [5.41, 5.74) is 3.10. The van der Waals surface area contributed by atoms with Crippen LogP contribution < -0.4 is 4.90 Å². The van der Waals surface area contributed by atoms with Gasteiger partial charge in [-0.1, -0.05) is 13.3 Å². The van der Waals surface area contributed by atoms with Crippen molar-refractivity contribution in [3.8, 4) is 0 Å². The normalized spacial score (nSPS) is 10.8. The number of pyridine rings is 1. The zero-order chi connectivity index (χ0) is 14.5. The molecule has 2 aromatic heterocycles. The van der Waals surface area contributed by atoms with Crippen LogP contribution in [0.1, 0.15) is 35.9 Å². The summed E-state index contributed by atoms with van der Waals surface area (Å²) in [5, 5.41) is 9.38. The number of aliphatic hydroxyl groups is 1. The highest BCUT2D eigenvalue weighted by molar-refractivity contribution is 5.43. The Morgan fingerprint density at radius 3 is 2.75 bits per heavy atom. The molecule has 0 amide bonds. The maximum absolute atomic E-state index is 9.38. The molecular weight excluding hydrogens is 252 g/mol. The first-order valence-corrected chi connectivity index (χ1v) is 6.98. The molecule has 4 nitrogen and oxygen atoms in total. The first-order valence-electron chi connectivity index (χ1n) is 6.98. The Hall–Kier alpha value is -1.81. The van der Waals surface area contributed by atoms with E-state index in [1.165, 1.54) is 0 Å². The lowest BCUT2D eigenvalue weighted by molar-refractivity contribution is 0.281. The molecule has 0 saturated carbocycles. The largest absolute Gasteiger partial charge is 0.469 e. The SMILES string of the molecule is CCCc1cc(CO)cc(N(C)Cc2ccoc2C)n1. The summed E-state index contributed by atoms with van der Waals surface area (Å²) < 4.78 is 5.32. The van der Waals surface area contributed by atoms with Gasteiger partial charge in [0.1, 0.15) is 11.6 Å². The molecular formula is C16H22N2O2. The number of hydrogen-bond acceptors (Lipinski definition) is 4. The van der Waals surface area contributed by atoms with Gasteiger partial charge in [-0.15, -0.1) is 0 Å². The fourth-order valence-corrected chi connectivity index (χ4v) is 2.22. The molecule has 1 N–H and O–H groups in total. The molecule has 2 heterocycles. The monoisotopic (exact) mass is 274 g/mol. The van der Waals surface area contributed by atoms with Crippen LogP contribution in [0.25, 0.3) is 0 Å². The van der Waals surface area contributed by atoms with Gasteiger partial charge in [-0.3, -0.25) is 0 Å². The first-order chi connectivity index (χ1) is 9.63. The van der Waals surface area contributed by atoms with Crippen molar-refractivity contribution in [3.05, 3.63) is 47.0 Å². The van der Waals surface area contributed by atoms with Crippen LogP contribution in [-0.4, -0.2) is 17.1 Å². The molecule has 0 aliphatic heterocycles. The van der Waals surface area contributed by atoms with E-state index in [9.17, 15) is 5.11 Å². The Kier molecular flexibility index (Phi) is 4.79. The average molecular weight is 274 g/mol. The highest BCUT2D eigenvalue weighted by Crippen LogP contribution is 2.19. The number of aryl methyl sites for hydroxylation is 2. The van der Waals surface area contributed by atoms with Gasteiger partial charge >= 0.3 is 0 Å². The minimum atomic E-state index is 0.0464. The molecule has 108 valence electrons. The van der Waals surface area contributed by atoms with Crippen molar-refractivity contribution in [2.75, 3.05) is 11.9 Å². The van der Waals surface area contributed by atoms with E-state index in [0.717, 1.165) is 47.8 Å². The van der Waals surface area contributed by atoms with Crippen molar-refractivity contribution in [3.63, 3.8) is 0 Å². The molecule has 2 aromatic rings. The van der Waals surface area contributed by atoms with Crippen LogP contribution in [0, 0.1) is 6.92 Å². The van der Waals surface area contributed by atoms with E-state index in [1.807, 2.05) is 32.2 Å². The Labute approximate surface area is 120 Å². The molecule has 2 rings (SSSR count). The van der Waals surface area contributed by atoms with Crippen molar-refractivity contribution in [2.24, 2.45) is 0 Å². The second-order valence-electron chi connectivity index (χ2n) is 5.09. The average Bonchev–Trinajstić information content (AvgIpc) is 2.84. The highest BCUT2D eigenvalue weighted by atomic mass is 16.3. The molecule has 4 heteroatoms. The third kappa shape index (κ3) is 3.39. The van der Waals surface area contributed by atoms with E-state index in [-0.39, 0.29) is 6.61 Å². The number of nitrogens with zero attached hydrogens (tertiary/aromatic N) is 2. The lowest BCUT2D eigenvalue weighted by Gasteiger charge is -2.19. The van der Waals surface area contributed by atoms with Crippen LogP contribution in [0.4, 0.5) is 5.82 Å². The standard InChI is InChI=1S/C16H22N2O2/c1-4-5-15-8-13(11-19)9-16(17-15)18(3)10-14-6-7-20-12(14)2/h6-9,19H,4-5,10-11H2,1-3H3. The van der Waals surface area contributed by atoms with Gasteiger partial charge < -0.3 is 14.4 Å². The summed E-state index contributed by atoms with van der Waals surface area (Å²) in [6, 6.07) is 5.90. The second kappa shape index (κ2) is 6.57. The molecule has 0 aliphatic carbocycles. The van der Waals surface area contributed by atoms with E-state index >= 15 is 0 Å². The molecule has 0 aliphatic rings. The molecule has 0 unspecified atom stereocenters. The van der Waals surface area contributed by atoms with Gasteiger partial charge in [-0.05, 0) is 37.1 Å². The number of hydrogen-bond donors (Lipinski definition) is 1. The Morgan fingerprint density at radius 2 is 2.15 bits per heavy atom. The van der Waals surface area contributed by atoms with Crippen molar-refractivity contribution in [1.82, 2.24) is 4.98 Å². The van der Waals surface area contributed by atoms with Crippen LogP contribution in [0.5, 0.6) is 0 Å². The number of aromatic nitrogens is 1. The number of furan rings is 1. The lowest BCUT2D eigenvalue weighted by atomic mass is 10.1. The molecule has 0 spiro atoms. The van der Waals surface area contributed by atoms with Crippen LogP contribution in [0.2, 0.25) is 0 Å². The van der Waals surface area contributed by atoms with Gasteiger partial charge in [0.2, 0.25) is 0 Å². The van der Waals surface area contributed by atoms with E-state index in [0.29, 0.717) is 0 Å². The Balaban J connectivity index is 2.22. The summed E-state index contributed by atoms with van der Waals surface area (Å²) in [5.74, 6) is 1.82. The summed E-state index contributed by atoms with van der Waals surface area (Å²) >= 11 is 0. The molecule has 0 fully saturated rings. The number of anilines is 1.